The maximum absolute atomic E-state index is 13.2. The van der Waals surface area contributed by atoms with Gasteiger partial charge in [0.15, 0.2) is 0 Å². The zero-order chi connectivity index (χ0) is 20.3. The molecule has 2 aromatic heterocycles. The number of aryl methyl sites for hydroxylation is 1. The van der Waals surface area contributed by atoms with Crippen LogP contribution in [0, 0.1) is 6.92 Å². The van der Waals surface area contributed by atoms with Crippen molar-refractivity contribution in [1.82, 2.24) is 19.0 Å². The minimum Gasteiger partial charge on any atom is -0.383 e. The Labute approximate surface area is 165 Å². The van der Waals surface area contributed by atoms with E-state index in [-0.39, 0.29) is 22.9 Å². The third-order valence-corrected chi connectivity index (χ3v) is 5.68. The number of pyridine rings is 1. The van der Waals surface area contributed by atoms with Crippen LogP contribution in [0.5, 0.6) is 0 Å². The number of rotatable bonds is 6. The smallest absolute Gasteiger partial charge is 0.263 e. The average molecular weight is 386 g/mol. The fourth-order valence-electron chi connectivity index (χ4n) is 4.20. The molecule has 0 radical (unpaired) electrons. The molecule has 7 nitrogen and oxygen atoms in total. The zero-order valence-electron chi connectivity index (χ0n) is 17.3. The molecule has 1 aliphatic heterocycles. The second kappa shape index (κ2) is 8.73. The lowest BCUT2D eigenvalue weighted by atomic mass is 9.96. The van der Waals surface area contributed by atoms with Crippen LogP contribution in [-0.2, 0) is 24.8 Å². The minimum absolute atomic E-state index is 0.171. The van der Waals surface area contributed by atoms with E-state index in [2.05, 4.69) is 9.55 Å². The van der Waals surface area contributed by atoms with Gasteiger partial charge < -0.3 is 18.8 Å². The summed E-state index contributed by atoms with van der Waals surface area (Å²) in [5.41, 5.74) is 2.01. The first-order valence-corrected chi connectivity index (χ1v) is 9.96. The first-order chi connectivity index (χ1) is 13.5. The van der Waals surface area contributed by atoms with E-state index in [4.69, 9.17) is 4.74 Å². The molecule has 1 fully saturated rings. The molecule has 152 valence electrons. The predicted molar refractivity (Wildman–Crippen MR) is 108 cm³/mol. The minimum atomic E-state index is -0.212. The molecule has 1 saturated heterocycles. The van der Waals surface area contributed by atoms with Gasteiger partial charge in [0.2, 0.25) is 0 Å². The van der Waals surface area contributed by atoms with E-state index < -0.39 is 0 Å². The molecule has 0 aliphatic carbocycles. The van der Waals surface area contributed by atoms with Crippen molar-refractivity contribution in [1.29, 1.82) is 0 Å². The number of amides is 1. The van der Waals surface area contributed by atoms with Gasteiger partial charge in [0.1, 0.15) is 11.4 Å². The van der Waals surface area contributed by atoms with Crippen molar-refractivity contribution < 1.29 is 9.53 Å². The number of carbonyl (C=O) groups is 1. The van der Waals surface area contributed by atoms with Crippen LogP contribution in [0.4, 0.5) is 0 Å². The van der Waals surface area contributed by atoms with Crippen molar-refractivity contribution in [3.63, 3.8) is 0 Å². The van der Waals surface area contributed by atoms with Crippen molar-refractivity contribution in [2.75, 3.05) is 26.8 Å². The summed E-state index contributed by atoms with van der Waals surface area (Å²) in [5, 5.41) is 0. The van der Waals surface area contributed by atoms with E-state index in [0.717, 1.165) is 42.9 Å². The highest BCUT2D eigenvalue weighted by atomic mass is 16.5. The number of imidazole rings is 1. The molecular weight excluding hydrogens is 356 g/mol. The fraction of sp³-hybridized carbons (Fsp3) is 0.571. The molecule has 1 amide bonds. The molecule has 2 aromatic rings. The number of hydrogen-bond acceptors (Lipinski definition) is 4. The van der Waals surface area contributed by atoms with Gasteiger partial charge in [-0.2, -0.15) is 0 Å². The summed E-state index contributed by atoms with van der Waals surface area (Å²) in [6.45, 7) is 6.60. The Balaban J connectivity index is 1.83. The van der Waals surface area contributed by atoms with E-state index in [0.29, 0.717) is 19.7 Å². The molecule has 0 saturated carbocycles. The molecule has 0 bridgehead atoms. The summed E-state index contributed by atoms with van der Waals surface area (Å²) in [6.07, 6.45) is 6.41. The van der Waals surface area contributed by atoms with Crippen molar-refractivity contribution in [2.24, 2.45) is 7.05 Å². The van der Waals surface area contributed by atoms with Crippen LogP contribution < -0.4 is 5.56 Å². The fourth-order valence-corrected chi connectivity index (χ4v) is 4.20. The lowest BCUT2D eigenvalue weighted by Crippen LogP contribution is -2.42. The van der Waals surface area contributed by atoms with Crippen molar-refractivity contribution in [3.8, 4) is 0 Å². The van der Waals surface area contributed by atoms with Gasteiger partial charge in [-0.3, -0.25) is 9.59 Å². The van der Waals surface area contributed by atoms with Gasteiger partial charge in [-0.25, -0.2) is 4.98 Å². The number of aromatic nitrogens is 3. The van der Waals surface area contributed by atoms with Crippen molar-refractivity contribution >= 4 is 5.91 Å². The second-order valence-electron chi connectivity index (χ2n) is 7.47. The predicted octanol–water partition coefficient (Wildman–Crippen LogP) is 2.12. The number of piperidine rings is 1. The summed E-state index contributed by atoms with van der Waals surface area (Å²) in [5.74, 6) is 0.982. The Bertz CT molecular complexity index is 900. The molecule has 0 spiro atoms. The Morgan fingerprint density at radius 1 is 1.39 bits per heavy atom. The van der Waals surface area contributed by atoms with Crippen LogP contribution in [0.1, 0.15) is 53.1 Å². The van der Waals surface area contributed by atoms with Crippen LogP contribution in [-0.4, -0.2) is 51.7 Å². The van der Waals surface area contributed by atoms with Gasteiger partial charge in [0.05, 0.1) is 6.61 Å². The van der Waals surface area contributed by atoms with Crippen LogP contribution in [0.3, 0.4) is 0 Å². The highest BCUT2D eigenvalue weighted by molar-refractivity contribution is 5.94. The molecule has 0 unspecified atom stereocenters. The normalized spacial score (nSPS) is 17.1. The quantitative estimate of drug-likeness (QED) is 0.763. The van der Waals surface area contributed by atoms with Crippen molar-refractivity contribution in [2.45, 2.75) is 45.6 Å². The van der Waals surface area contributed by atoms with Gasteiger partial charge in [0, 0.05) is 57.8 Å². The highest BCUT2D eigenvalue weighted by Crippen LogP contribution is 2.26. The van der Waals surface area contributed by atoms with Crippen molar-refractivity contribution in [3.05, 3.63) is 51.5 Å². The van der Waals surface area contributed by atoms with Crippen LogP contribution in [0.2, 0.25) is 0 Å². The first-order valence-electron chi connectivity index (χ1n) is 9.96. The summed E-state index contributed by atoms with van der Waals surface area (Å²) in [4.78, 5) is 32.3. The van der Waals surface area contributed by atoms with E-state index in [1.807, 2.05) is 24.9 Å². The number of likely N-dealkylation sites (tertiary alicyclic amines) is 1. The number of hydrogen-bond donors (Lipinski definition) is 0. The molecule has 1 atom stereocenters. The zero-order valence-corrected chi connectivity index (χ0v) is 17.3. The van der Waals surface area contributed by atoms with Crippen LogP contribution >= 0.6 is 0 Å². The molecular formula is C21H30N4O3. The van der Waals surface area contributed by atoms with Gasteiger partial charge in [0.25, 0.3) is 11.5 Å². The number of ether oxygens (including phenoxy) is 1. The third kappa shape index (κ3) is 3.90. The third-order valence-electron chi connectivity index (χ3n) is 5.68. The van der Waals surface area contributed by atoms with Crippen LogP contribution in [0.25, 0.3) is 0 Å². The highest BCUT2D eigenvalue weighted by Gasteiger charge is 2.29. The Hall–Kier alpha value is -2.41. The topological polar surface area (TPSA) is 69.4 Å². The van der Waals surface area contributed by atoms with Gasteiger partial charge >= 0.3 is 0 Å². The van der Waals surface area contributed by atoms with E-state index in [1.165, 1.54) is 0 Å². The van der Waals surface area contributed by atoms with Gasteiger partial charge in [-0.1, -0.05) is 6.92 Å². The Morgan fingerprint density at radius 2 is 2.18 bits per heavy atom. The summed E-state index contributed by atoms with van der Waals surface area (Å²) in [7, 11) is 3.43. The van der Waals surface area contributed by atoms with E-state index >= 15 is 0 Å². The van der Waals surface area contributed by atoms with Crippen LogP contribution in [0.15, 0.2) is 23.3 Å². The summed E-state index contributed by atoms with van der Waals surface area (Å²) < 4.78 is 8.89. The SMILES string of the molecule is CCc1c(C)cc(C(=O)N2CCC[C@H](c3nccn3CCOC)C2)c(=O)n1C. The molecule has 0 aromatic carbocycles. The number of methoxy groups -OCH3 is 1. The average Bonchev–Trinajstić information content (AvgIpc) is 3.17. The summed E-state index contributed by atoms with van der Waals surface area (Å²) >= 11 is 0. The number of carbonyl (C=O) groups excluding carboxylic acids is 1. The lowest BCUT2D eigenvalue weighted by molar-refractivity contribution is 0.0700. The lowest BCUT2D eigenvalue weighted by Gasteiger charge is -2.33. The van der Waals surface area contributed by atoms with Gasteiger partial charge in [-0.15, -0.1) is 0 Å². The Morgan fingerprint density at radius 3 is 2.89 bits per heavy atom. The Kier molecular flexibility index (Phi) is 6.34. The number of nitrogens with zero attached hydrogens (tertiary/aromatic N) is 4. The molecule has 28 heavy (non-hydrogen) atoms. The second-order valence-corrected chi connectivity index (χ2v) is 7.47. The maximum Gasteiger partial charge on any atom is 0.263 e. The largest absolute Gasteiger partial charge is 0.383 e. The molecule has 3 rings (SSSR count). The van der Waals surface area contributed by atoms with E-state index in [9.17, 15) is 9.59 Å². The molecule has 3 heterocycles. The maximum atomic E-state index is 13.2. The molecule has 0 N–H and O–H groups in total. The van der Waals surface area contributed by atoms with E-state index in [1.54, 1.807) is 31.0 Å². The van der Waals surface area contributed by atoms with Gasteiger partial charge in [-0.05, 0) is 37.8 Å². The standard InChI is InChI=1S/C21H30N4O3/c1-5-18-15(2)13-17(20(26)23(18)3)21(27)25-9-6-7-16(14-25)19-22-8-10-24(19)11-12-28-4/h8,10,13,16H,5-7,9,11-12,14H2,1-4H3/t16-/m0/s1. The summed E-state index contributed by atoms with van der Waals surface area (Å²) in [6, 6.07) is 1.76. The first kappa shape index (κ1) is 20.3. The molecule has 1 aliphatic rings. The monoisotopic (exact) mass is 386 g/mol. The molecule has 7 heteroatoms.